The van der Waals surface area contributed by atoms with Crippen LogP contribution in [0.2, 0.25) is 0 Å². The summed E-state index contributed by atoms with van der Waals surface area (Å²) in [5, 5.41) is 18.0. The van der Waals surface area contributed by atoms with E-state index in [-0.39, 0.29) is 18.8 Å². The fourth-order valence-electron chi connectivity index (χ4n) is 1.68. The second-order valence-electron chi connectivity index (χ2n) is 3.87. The Morgan fingerprint density at radius 3 is 2.84 bits per heavy atom. The Bertz CT molecular complexity index is 471. The number of ether oxygens (including phenoxy) is 1. The fourth-order valence-corrected chi connectivity index (χ4v) is 1.68. The number of nitrogens with zero attached hydrogens (tertiary/aromatic N) is 3. The van der Waals surface area contributed by atoms with E-state index in [0.717, 1.165) is 6.42 Å². The molecule has 0 bridgehead atoms. The van der Waals surface area contributed by atoms with Crippen molar-refractivity contribution in [2.24, 2.45) is 12.8 Å². The quantitative estimate of drug-likeness (QED) is 0.429. The van der Waals surface area contributed by atoms with E-state index in [1.54, 1.807) is 7.05 Å². The molecule has 0 saturated heterocycles. The number of aryl methyl sites for hydroxylation is 2. The summed E-state index contributed by atoms with van der Waals surface area (Å²) < 4.78 is 5.95. The minimum atomic E-state index is -0.882. The molecule has 0 fully saturated rings. The third-order valence-corrected chi connectivity index (χ3v) is 2.40. The fraction of sp³-hybridized carbons (Fsp3) is 0.600. The first-order chi connectivity index (χ1) is 8.97. The number of hydrogen-bond donors (Lipinski definition) is 2. The van der Waals surface area contributed by atoms with Gasteiger partial charge in [0.15, 0.2) is 0 Å². The van der Waals surface area contributed by atoms with Crippen LogP contribution in [0.4, 0.5) is 16.3 Å². The second kappa shape index (κ2) is 6.57. The van der Waals surface area contributed by atoms with E-state index in [1.807, 2.05) is 6.92 Å². The van der Waals surface area contributed by atoms with E-state index in [9.17, 15) is 14.9 Å². The highest BCUT2D eigenvalue weighted by Crippen LogP contribution is 2.28. The topological polar surface area (TPSA) is 125 Å². The van der Waals surface area contributed by atoms with Crippen LogP contribution < -0.4 is 11.1 Å². The van der Waals surface area contributed by atoms with Crippen LogP contribution in [0.15, 0.2) is 0 Å². The SMILES string of the molecule is CCCc1nn(C)c(NCCOC(N)=O)c1[N+](=O)[O-]. The summed E-state index contributed by atoms with van der Waals surface area (Å²) in [5.74, 6) is 0.293. The number of carbonyl (C=O) groups excluding carboxylic acids is 1. The number of carbonyl (C=O) groups is 1. The van der Waals surface area contributed by atoms with Crippen LogP contribution in [-0.4, -0.2) is 33.9 Å². The summed E-state index contributed by atoms with van der Waals surface area (Å²) in [4.78, 5) is 21.0. The molecule has 0 unspecified atom stereocenters. The Hall–Kier alpha value is -2.32. The maximum absolute atomic E-state index is 11.1. The average Bonchev–Trinajstić information content (AvgIpc) is 2.61. The van der Waals surface area contributed by atoms with E-state index in [2.05, 4.69) is 15.2 Å². The van der Waals surface area contributed by atoms with Gasteiger partial charge in [-0.2, -0.15) is 5.10 Å². The Balaban J connectivity index is 2.81. The molecule has 0 saturated carbocycles. The number of aromatic nitrogens is 2. The molecule has 1 aromatic heterocycles. The Labute approximate surface area is 109 Å². The van der Waals surface area contributed by atoms with Gasteiger partial charge in [0.25, 0.3) is 0 Å². The summed E-state index contributed by atoms with van der Waals surface area (Å²) in [5.41, 5.74) is 5.21. The van der Waals surface area contributed by atoms with Crippen molar-refractivity contribution in [3.63, 3.8) is 0 Å². The highest BCUT2D eigenvalue weighted by molar-refractivity contribution is 5.64. The number of anilines is 1. The van der Waals surface area contributed by atoms with E-state index in [4.69, 9.17) is 5.73 Å². The lowest BCUT2D eigenvalue weighted by atomic mass is 10.2. The molecule has 3 N–H and O–H groups in total. The van der Waals surface area contributed by atoms with E-state index < -0.39 is 11.0 Å². The van der Waals surface area contributed by atoms with Crippen LogP contribution in [0.25, 0.3) is 0 Å². The molecule has 1 aromatic rings. The molecule has 0 atom stereocenters. The van der Waals surface area contributed by atoms with Crippen molar-refractivity contribution in [1.82, 2.24) is 9.78 Å². The molecule has 0 aliphatic rings. The first kappa shape index (κ1) is 14.7. The predicted molar refractivity (Wildman–Crippen MR) is 67.9 cm³/mol. The predicted octanol–water partition coefficient (Wildman–Crippen LogP) is 0.788. The second-order valence-corrected chi connectivity index (χ2v) is 3.87. The van der Waals surface area contributed by atoms with Crippen molar-refractivity contribution >= 4 is 17.6 Å². The molecule has 106 valence electrons. The van der Waals surface area contributed by atoms with Gasteiger partial charge >= 0.3 is 11.8 Å². The van der Waals surface area contributed by atoms with Gasteiger partial charge in [-0.25, -0.2) is 9.48 Å². The molecule has 9 nitrogen and oxygen atoms in total. The van der Waals surface area contributed by atoms with Gasteiger partial charge in [0, 0.05) is 7.05 Å². The monoisotopic (exact) mass is 271 g/mol. The zero-order valence-corrected chi connectivity index (χ0v) is 10.9. The number of nitrogens with one attached hydrogen (secondary N) is 1. The number of nitrogens with two attached hydrogens (primary N) is 1. The van der Waals surface area contributed by atoms with Gasteiger partial charge in [-0.15, -0.1) is 0 Å². The molecule has 1 amide bonds. The van der Waals surface area contributed by atoms with Crippen molar-refractivity contribution in [2.45, 2.75) is 19.8 Å². The zero-order valence-electron chi connectivity index (χ0n) is 10.9. The van der Waals surface area contributed by atoms with E-state index in [0.29, 0.717) is 17.9 Å². The molecule has 1 rings (SSSR count). The molecule has 0 aliphatic carbocycles. The number of rotatable bonds is 7. The lowest BCUT2D eigenvalue weighted by Gasteiger charge is -2.05. The minimum Gasteiger partial charge on any atom is -0.448 e. The molecule has 1 heterocycles. The molecule has 0 aliphatic heterocycles. The number of amides is 1. The van der Waals surface area contributed by atoms with Crippen molar-refractivity contribution in [2.75, 3.05) is 18.5 Å². The van der Waals surface area contributed by atoms with Gasteiger partial charge in [-0.1, -0.05) is 13.3 Å². The zero-order chi connectivity index (χ0) is 14.4. The van der Waals surface area contributed by atoms with Gasteiger partial charge in [0.1, 0.15) is 12.3 Å². The van der Waals surface area contributed by atoms with Gasteiger partial charge in [0.05, 0.1) is 11.5 Å². The largest absolute Gasteiger partial charge is 0.448 e. The van der Waals surface area contributed by atoms with Crippen molar-refractivity contribution in [3.8, 4) is 0 Å². The molecular weight excluding hydrogens is 254 g/mol. The summed E-state index contributed by atoms with van der Waals surface area (Å²) in [7, 11) is 1.61. The minimum absolute atomic E-state index is 0.0286. The van der Waals surface area contributed by atoms with Crippen molar-refractivity contribution in [1.29, 1.82) is 0 Å². The molecular formula is C10H17N5O4. The lowest BCUT2D eigenvalue weighted by molar-refractivity contribution is -0.384. The van der Waals surface area contributed by atoms with Crippen LogP contribution in [-0.2, 0) is 18.2 Å². The van der Waals surface area contributed by atoms with E-state index >= 15 is 0 Å². The van der Waals surface area contributed by atoms with Crippen LogP contribution in [0.3, 0.4) is 0 Å². The van der Waals surface area contributed by atoms with Crippen LogP contribution in [0.1, 0.15) is 19.0 Å². The molecule has 0 spiro atoms. The Morgan fingerprint density at radius 2 is 2.32 bits per heavy atom. The number of nitro groups is 1. The van der Waals surface area contributed by atoms with Gasteiger partial charge in [-0.3, -0.25) is 10.1 Å². The standard InChI is InChI=1S/C10H17N5O4/c1-3-4-7-8(15(17)18)9(14(2)13-7)12-5-6-19-10(11)16/h12H,3-6H2,1-2H3,(H2,11,16). The smallest absolute Gasteiger partial charge is 0.404 e. The third-order valence-electron chi connectivity index (χ3n) is 2.40. The first-order valence-corrected chi connectivity index (χ1v) is 5.83. The number of hydrogen-bond acceptors (Lipinski definition) is 6. The highest BCUT2D eigenvalue weighted by Gasteiger charge is 2.25. The van der Waals surface area contributed by atoms with Crippen molar-refractivity contribution < 1.29 is 14.5 Å². The maximum Gasteiger partial charge on any atom is 0.404 e. The van der Waals surface area contributed by atoms with Crippen LogP contribution in [0.5, 0.6) is 0 Å². The van der Waals surface area contributed by atoms with Gasteiger partial charge < -0.3 is 15.8 Å². The molecule has 9 heteroatoms. The lowest BCUT2D eigenvalue weighted by Crippen LogP contribution is -2.19. The Kier molecular flexibility index (Phi) is 5.10. The molecule has 19 heavy (non-hydrogen) atoms. The van der Waals surface area contributed by atoms with Crippen LogP contribution >= 0.6 is 0 Å². The average molecular weight is 271 g/mol. The number of primary amides is 1. The van der Waals surface area contributed by atoms with Crippen molar-refractivity contribution in [3.05, 3.63) is 15.8 Å². The molecule has 0 aromatic carbocycles. The Morgan fingerprint density at radius 1 is 1.63 bits per heavy atom. The summed E-state index contributed by atoms with van der Waals surface area (Å²) in [6.07, 6.45) is 0.416. The van der Waals surface area contributed by atoms with Gasteiger partial charge in [0.2, 0.25) is 5.82 Å². The summed E-state index contributed by atoms with van der Waals surface area (Å²) in [6.45, 7) is 2.17. The van der Waals surface area contributed by atoms with E-state index in [1.165, 1.54) is 4.68 Å². The van der Waals surface area contributed by atoms with Crippen LogP contribution in [0, 0.1) is 10.1 Å². The first-order valence-electron chi connectivity index (χ1n) is 5.83. The van der Waals surface area contributed by atoms with Gasteiger partial charge in [-0.05, 0) is 6.42 Å². The normalized spacial score (nSPS) is 10.2. The maximum atomic E-state index is 11.1. The summed E-state index contributed by atoms with van der Waals surface area (Å²) >= 11 is 0. The summed E-state index contributed by atoms with van der Waals surface area (Å²) in [6, 6.07) is 0. The highest BCUT2D eigenvalue weighted by atomic mass is 16.6. The third kappa shape index (κ3) is 3.83. The molecule has 0 radical (unpaired) electrons.